The van der Waals surface area contributed by atoms with E-state index in [4.69, 9.17) is 9.47 Å². The van der Waals surface area contributed by atoms with Gasteiger partial charge in [0.2, 0.25) is 5.91 Å². The van der Waals surface area contributed by atoms with E-state index in [-0.39, 0.29) is 28.4 Å². The van der Waals surface area contributed by atoms with Crippen molar-refractivity contribution in [2.45, 2.75) is 19.9 Å². The van der Waals surface area contributed by atoms with E-state index in [2.05, 4.69) is 32.8 Å². The Morgan fingerprint density at radius 2 is 1.74 bits per heavy atom. The van der Waals surface area contributed by atoms with Gasteiger partial charge in [-0.25, -0.2) is 0 Å². The lowest BCUT2D eigenvalue weighted by Crippen LogP contribution is -2.42. The molecule has 0 radical (unpaired) electrons. The number of ether oxygens (including phenoxy) is 2. The van der Waals surface area contributed by atoms with Crippen molar-refractivity contribution in [2.75, 3.05) is 19.5 Å². The number of halogens is 1. The summed E-state index contributed by atoms with van der Waals surface area (Å²) >= 11 is 4.49. The Balaban J connectivity index is 1.65. The molecule has 8 nitrogen and oxygen atoms in total. The van der Waals surface area contributed by atoms with Crippen LogP contribution in [0.1, 0.15) is 36.6 Å². The van der Waals surface area contributed by atoms with Crippen LogP contribution in [0.5, 0.6) is 11.5 Å². The first-order chi connectivity index (χ1) is 22.3. The van der Waals surface area contributed by atoms with Gasteiger partial charge in [-0.2, -0.15) is 4.99 Å². The highest BCUT2D eigenvalue weighted by Crippen LogP contribution is 2.38. The first-order valence-electron chi connectivity index (χ1n) is 14.5. The molecule has 0 atom stereocenters. The molecule has 1 aliphatic rings. The highest BCUT2D eigenvalue weighted by atomic mass is 79.9. The minimum atomic E-state index is -0.720. The molecule has 0 aromatic heterocycles. The zero-order valence-corrected chi connectivity index (χ0v) is 28.1. The fourth-order valence-electron chi connectivity index (χ4n) is 4.67. The molecule has 0 spiro atoms. The topological polar surface area (TPSA) is 97.3 Å². The van der Waals surface area contributed by atoms with Crippen molar-refractivity contribution in [1.29, 1.82) is 0 Å². The average Bonchev–Trinajstić information content (AvgIpc) is 3.07. The largest absolute Gasteiger partial charge is 0.493 e. The van der Waals surface area contributed by atoms with Crippen LogP contribution < -0.4 is 14.8 Å². The molecule has 1 N–H and O–H groups in total. The molecule has 0 fully saturated rings. The number of amides is 3. The van der Waals surface area contributed by atoms with Crippen LogP contribution in [-0.4, -0.2) is 47.3 Å². The highest BCUT2D eigenvalue weighted by molar-refractivity contribution is 9.10. The van der Waals surface area contributed by atoms with Gasteiger partial charge in [0.1, 0.15) is 5.57 Å². The maximum Gasteiger partial charge on any atom is 0.285 e. The third-order valence-electron chi connectivity index (χ3n) is 6.76. The number of carbonyl (C=O) groups is 3. The summed E-state index contributed by atoms with van der Waals surface area (Å²) in [7, 11) is 1.51. The van der Waals surface area contributed by atoms with Crippen LogP contribution in [0, 0.1) is 0 Å². The Morgan fingerprint density at radius 3 is 2.30 bits per heavy atom. The number of hydrogen-bond donors (Lipinski definition) is 1. The van der Waals surface area contributed by atoms with Gasteiger partial charge in [-0.15, -0.1) is 0 Å². The van der Waals surface area contributed by atoms with Crippen molar-refractivity contribution < 1.29 is 23.9 Å². The number of thioether (sulfide) groups is 1. The monoisotopic (exact) mass is 699 g/mol. The molecule has 0 bridgehead atoms. The van der Waals surface area contributed by atoms with Gasteiger partial charge >= 0.3 is 0 Å². The number of nitrogens with one attached hydrogen (secondary N) is 1. The van der Waals surface area contributed by atoms with E-state index < -0.39 is 11.8 Å². The van der Waals surface area contributed by atoms with Crippen molar-refractivity contribution in [3.63, 3.8) is 0 Å². The third kappa shape index (κ3) is 8.32. The summed E-state index contributed by atoms with van der Waals surface area (Å²) in [5, 5.41) is 3.18. The fourth-order valence-corrected chi connectivity index (χ4v) is 6.05. The molecule has 0 aliphatic carbocycles. The van der Waals surface area contributed by atoms with E-state index in [1.165, 1.54) is 18.1 Å². The van der Waals surface area contributed by atoms with Gasteiger partial charge in [0, 0.05) is 5.70 Å². The number of nitrogens with zero attached hydrogens (tertiary/aromatic N) is 2. The van der Waals surface area contributed by atoms with Gasteiger partial charge in [-0.1, -0.05) is 97.2 Å². The zero-order valence-electron chi connectivity index (χ0n) is 25.7. The van der Waals surface area contributed by atoms with E-state index in [0.29, 0.717) is 33.8 Å². The summed E-state index contributed by atoms with van der Waals surface area (Å²) in [5.74, 6) is -0.730. The number of rotatable bonds is 12. The van der Waals surface area contributed by atoms with Gasteiger partial charge in [0.05, 0.1) is 30.0 Å². The highest BCUT2D eigenvalue weighted by Gasteiger charge is 2.35. The summed E-state index contributed by atoms with van der Waals surface area (Å²) in [6, 6.07) is 22.3. The van der Waals surface area contributed by atoms with E-state index >= 15 is 0 Å². The van der Waals surface area contributed by atoms with Crippen molar-refractivity contribution in [3.05, 3.63) is 136 Å². The number of methoxy groups -OCH3 is 1. The standard InChI is InChI=1S/C36H34BrN3O5S/c1-5-8-19-27(6-2)40-35(43)28(20-24-21-29(37)33(45-7-3)30(22-24)44-4)34(42)39-36(40)46-23-31(41)38-32(25-15-11-9-12-16-25)26-17-13-10-14-18-26/h5-6,8-22,32H,1,7,23H2,2-4H3,(H,38,41)/b19-8-,27-6+,28-20+. The molecule has 4 rings (SSSR count). The maximum atomic E-state index is 14.0. The summed E-state index contributed by atoms with van der Waals surface area (Å²) in [4.78, 5) is 46.3. The molecule has 0 unspecified atom stereocenters. The molecular formula is C36H34BrN3O5S. The fraction of sp³-hybridized carbons (Fsp3) is 0.167. The Morgan fingerprint density at radius 1 is 1.09 bits per heavy atom. The predicted octanol–water partition coefficient (Wildman–Crippen LogP) is 7.25. The van der Waals surface area contributed by atoms with Gasteiger partial charge in [-0.3, -0.25) is 19.3 Å². The van der Waals surface area contributed by atoms with Crippen LogP contribution in [0.3, 0.4) is 0 Å². The number of benzene rings is 3. The lowest BCUT2D eigenvalue weighted by molar-refractivity contribution is -0.126. The Labute approximate surface area is 281 Å². The summed E-state index contributed by atoms with van der Waals surface area (Å²) < 4.78 is 11.7. The molecule has 46 heavy (non-hydrogen) atoms. The van der Waals surface area contributed by atoms with E-state index in [9.17, 15) is 14.4 Å². The molecule has 3 aromatic rings. The molecule has 1 aliphatic heterocycles. The lowest BCUT2D eigenvalue weighted by Gasteiger charge is -2.28. The van der Waals surface area contributed by atoms with Gasteiger partial charge in [-0.05, 0) is 70.8 Å². The van der Waals surface area contributed by atoms with Gasteiger partial charge in [0.15, 0.2) is 16.7 Å². The minimum absolute atomic E-state index is 0.0870. The number of amidine groups is 1. The summed E-state index contributed by atoms with van der Waals surface area (Å²) in [6.45, 7) is 7.77. The molecule has 0 saturated carbocycles. The maximum absolute atomic E-state index is 14.0. The Hall–Kier alpha value is -4.67. The van der Waals surface area contributed by atoms with Crippen molar-refractivity contribution in [2.24, 2.45) is 4.99 Å². The molecule has 3 aromatic carbocycles. The SMILES string of the molecule is C=C/C=C\C(=C/C)N1C(=O)/C(=C/c2cc(Br)c(OCC)c(OC)c2)C(=O)N=C1SCC(=O)NC(c1ccccc1)c1ccccc1. The van der Waals surface area contributed by atoms with Crippen molar-refractivity contribution >= 4 is 56.7 Å². The number of hydrogen-bond acceptors (Lipinski definition) is 6. The lowest BCUT2D eigenvalue weighted by atomic mass is 9.99. The molecule has 3 amide bonds. The first-order valence-corrected chi connectivity index (χ1v) is 16.3. The molecule has 0 saturated heterocycles. The second-order valence-electron chi connectivity index (χ2n) is 9.78. The molecule has 10 heteroatoms. The Bertz CT molecular complexity index is 1680. The van der Waals surface area contributed by atoms with E-state index in [0.717, 1.165) is 22.9 Å². The van der Waals surface area contributed by atoms with Crippen LogP contribution in [0.25, 0.3) is 6.08 Å². The summed E-state index contributed by atoms with van der Waals surface area (Å²) in [5.41, 5.74) is 2.70. The number of carbonyl (C=O) groups excluding carboxylic acids is 3. The summed E-state index contributed by atoms with van der Waals surface area (Å²) in [6.07, 6.45) is 8.13. The second kappa shape index (κ2) is 16.6. The quantitative estimate of drug-likeness (QED) is 0.122. The number of aliphatic imine (C=N–C) groups is 1. The minimum Gasteiger partial charge on any atom is -0.493 e. The molecular weight excluding hydrogens is 666 g/mol. The second-order valence-corrected chi connectivity index (χ2v) is 11.6. The molecule has 1 heterocycles. The third-order valence-corrected chi connectivity index (χ3v) is 8.29. The number of allylic oxidation sites excluding steroid dienone is 4. The van der Waals surface area contributed by atoms with Gasteiger partial charge < -0.3 is 14.8 Å². The Kier molecular flexibility index (Phi) is 12.3. The zero-order chi connectivity index (χ0) is 33.1. The average molecular weight is 701 g/mol. The molecule has 236 valence electrons. The van der Waals surface area contributed by atoms with E-state index in [1.807, 2.05) is 67.6 Å². The van der Waals surface area contributed by atoms with Crippen LogP contribution in [0.15, 0.2) is 124 Å². The van der Waals surface area contributed by atoms with Crippen LogP contribution in [0.4, 0.5) is 0 Å². The van der Waals surface area contributed by atoms with Crippen LogP contribution >= 0.6 is 27.7 Å². The van der Waals surface area contributed by atoms with E-state index in [1.54, 1.807) is 43.4 Å². The predicted molar refractivity (Wildman–Crippen MR) is 188 cm³/mol. The van der Waals surface area contributed by atoms with Crippen LogP contribution in [-0.2, 0) is 14.4 Å². The smallest absolute Gasteiger partial charge is 0.285 e. The normalized spacial score (nSPS) is 14.5. The van der Waals surface area contributed by atoms with Gasteiger partial charge in [0.25, 0.3) is 11.8 Å². The van der Waals surface area contributed by atoms with Crippen molar-refractivity contribution in [1.82, 2.24) is 10.2 Å². The first kappa shape index (κ1) is 34.2. The van der Waals surface area contributed by atoms with Crippen LogP contribution in [0.2, 0.25) is 0 Å². The van der Waals surface area contributed by atoms with Crippen molar-refractivity contribution in [3.8, 4) is 11.5 Å².